The number of anilines is 1. The molecule has 0 unspecified atom stereocenters. The number of rotatable bonds is 9. The van der Waals surface area contributed by atoms with Crippen molar-refractivity contribution in [2.75, 3.05) is 17.1 Å². The molecule has 7 nitrogen and oxygen atoms in total. The zero-order chi connectivity index (χ0) is 24.9. The van der Waals surface area contributed by atoms with Gasteiger partial charge in [-0.3, -0.25) is 13.9 Å². The number of carbonyl (C=O) groups is 2. The summed E-state index contributed by atoms with van der Waals surface area (Å²) < 4.78 is 27.0. The van der Waals surface area contributed by atoms with E-state index in [1.54, 1.807) is 49.4 Å². The number of amides is 2. The van der Waals surface area contributed by atoms with Crippen molar-refractivity contribution in [2.45, 2.75) is 39.4 Å². The molecule has 2 amide bonds. The highest BCUT2D eigenvalue weighted by molar-refractivity contribution is 14.1. The Morgan fingerprint density at radius 1 is 1.06 bits per heavy atom. The molecule has 2 rings (SSSR count). The third-order valence-electron chi connectivity index (χ3n) is 4.75. The van der Waals surface area contributed by atoms with Gasteiger partial charge in [0.25, 0.3) is 0 Å². The number of hydrogen-bond acceptors (Lipinski definition) is 4. The maximum Gasteiger partial charge on any atom is 0.244 e. The first kappa shape index (κ1) is 27.7. The lowest BCUT2D eigenvalue weighted by atomic mass is 10.1. The van der Waals surface area contributed by atoms with Crippen LogP contribution < -0.4 is 9.62 Å². The molecule has 0 saturated carbocycles. The first-order valence-electron chi connectivity index (χ1n) is 10.1. The lowest BCUT2D eigenvalue weighted by Crippen LogP contribution is -2.52. The first-order valence-corrected chi connectivity index (χ1v) is 13.7. The van der Waals surface area contributed by atoms with Crippen molar-refractivity contribution in [3.05, 3.63) is 61.6 Å². The molecule has 0 radical (unpaired) electrons. The normalized spacial score (nSPS) is 12.4. The molecule has 0 bridgehead atoms. The molecule has 0 saturated heterocycles. The van der Waals surface area contributed by atoms with Crippen LogP contribution in [0.15, 0.2) is 42.5 Å². The molecule has 0 aliphatic heterocycles. The van der Waals surface area contributed by atoms with Gasteiger partial charge in [-0.25, -0.2) is 8.42 Å². The van der Waals surface area contributed by atoms with Crippen LogP contribution in [0.3, 0.4) is 0 Å². The fourth-order valence-corrected chi connectivity index (χ4v) is 4.72. The van der Waals surface area contributed by atoms with Crippen LogP contribution in [0.2, 0.25) is 10.0 Å². The van der Waals surface area contributed by atoms with Crippen molar-refractivity contribution < 1.29 is 18.0 Å². The molecule has 2 aromatic rings. The van der Waals surface area contributed by atoms with Crippen LogP contribution in [0, 0.1) is 3.57 Å². The van der Waals surface area contributed by atoms with Gasteiger partial charge >= 0.3 is 0 Å². The number of halogens is 3. The molecule has 11 heteroatoms. The molecule has 2 aromatic carbocycles. The van der Waals surface area contributed by atoms with Gasteiger partial charge in [0.05, 0.1) is 11.9 Å². The van der Waals surface area contributed by atoms with Crippen molar-refractivity contribution in [2.24, 2.45) is 0 Å². The van der Waals surface area contributed by atoms with Crippen molar-refractivity contribution in [3.8, 4) is 0 Å². The van der Waals surface area contributed by atoms with Crippen LogP contribution >= 0.6 is 45.8 Å². The average molecular weight is 626 g/mol. The van der Waals surface area contributed by atoms with E-state index in [0.29, 0.717) is 21.3 Å². The number of nitrogens with zero attached hydrogens (tertiary/aromatic N) is 2. The summed E-state index contributed by atoms with van der Waals surface area (Å²) >= 11 is 14.4. The number of sulfonamides is 1. The molecule has 0 fully saturated rings. The van der Waals surface area contributed by atoms with E-state index >= 15 is 0 Å². The van der Waals surface area contributed by atoms with Crippen LogP contribution in [0.1, 0.15) is 26.3 Å². The second-order valence-corrected chi connectivity index (χ2v) is 11.8. The van der Waals surface area contributed by atoms with Gasteiger partial charge in [0.15, 0.2) is 0 Å². The molecule has 33 heavy (non-hydrogen) atoms. The van der Waals surface area contributed by atoms with Gasteiger partial charge in [0.2, 0.25) is 21.8 Å². The summed E-state index contributed by atoms with van der Waals surface area (Å²) in [5.41, 5.74) is 0.939. The molecule has 0 aliphatic carbocycles. The van der Waals surface area contributed by atoms with Gasteiger partial charge in [-0.15, -0.1) is 0 Å². The topological polar surface area (TPSA) is 86.8 Å². The van der Waals surface area contributed by atoms with Gasteiger partial charge < -0.3 is 10.2 Å². The maximum atomic E-state index is 13.4. The van der Waals surface area contributed by atoms with E-state index in [2.05, 4.69) is 27.9 Å². The van der Waals surface area contributed by atoms with Crippen LogP contribution in [0.25, 0.3) is 0 Å². The number of benzene rings is 2. The monoisotopic (exact) mass is 625 g/mol. The zero-order valence-corrected chi connectivity index (χ0v) is 23.2. The highest BCUT2D eigenvalue weighted by Crippen LogP contribution is 2.24. The predicted octanol–water partition coefficient (Wildman–Crippen LogP) is 4.31. The van der Waals surface area contributed by atoms with Crippen LogP contribution in [0.5, 0.6) is 0 Å². The number of carbonyl (C=O) groups excluding carboxylic acids is 2. The van der Waals surface area contributed by atoms with E-state index in [0.717, 1.165) is 14.1 Å². The van der Waals surface area contributed by atoms with E-state index in [-0.39, 0.29) is 18.5 Å². The standard InChI is InChI=1S/C22H26Cl2IN3O4S/c1-14(2)26-22(30)15(3)27(12-16-5-6-17(23)11-20(16)24)21(29)13-28(33(4,31)32)19-9-7-18(25)8-10-19/h5-11,14-15H,12-13H2,1-4H3,(H,26,30)/t15-/m0/s1. The summed E-state index contributed by atoms with van der Waals surface area (Å²) in [4.78, 5) is 27.5. The van der Waals surface area contributed by atoms with Crippen LogP contribution in [-0.2, 0) is 26.2 Å². The third-order valence-corrected chi connectivity index (χ3v) is 7.19. The molecule has 1 N–H and O–H groups in total. The SMILES string of the molecule is CC(C)NC(=O)[C@H](C)N(Cc1ccc(Cl)cc1Cl)C(=O)CN(c1ccc(I)cc1)S(C)(=O)=O. The van der Waals surface area contributed by atoms with Crippen LogP contribution in [-0.4, -0.2) is 50.0 Å². The Bertz CT molecular complexity index is 1110. The van der Waals surface area contributed by atoms with Gasteiger partial charge in [0, 0.05) is 26.2 Å². The van der Waals surface area contributed by atoms with Gasteiger partial charge in [-0.2, -0.15) is 0 Å². The van der Waals surface area contributed by atoms with Crippen molar-refractivity contribution in [1.29, 1.82) is 0 Å². The Balaban J connectivity index is 2.41. The summed E-state index contributed by atoms with van der Waals surface area (Å²) in [5.74, 6) is -0.903. The molecule has 1 atom stereocenters. The summed E-state index contributed by atoms with van der Waals surface area (Å²) in [5, 5.41) is 3.57. The van der Waals surface area contributed by atoms with E-state index < -0.39 is 28.5 Å². The quantitative estimate of drug-likeness (QED) is 0.421. The van der Waals surface area contributed by atoms with E-state index in [1.807, 2.05) is 13.8 Å². The highest BCUT2D eigenvalue weighted by Gasteiger charge is 2.30. The highest BCUT2D eigenvalue weighted by atomic mass is 127. The minimum absolute atomic E-state index is 0.00576. The summed E-state index contributed by atoms with van der Waals surface area (Å²) in [6.07, 6.45) is 1.04. The van der Waals surface area contributed by atoms with Crippen molar-refractivity contribution >= 4 is 73.3 Å². The fourth-order valence-electron chi connectivity index (χ4n) is 3.04. The molecule has 180 valence electrons. The largest absolute Gasteiger partial charge is 0.352 e. The Morgan fingerprint density at radius 3 is 2.18 bits per heavy atom. The Labute approximate surface area is 218 Å². The average Bonchev–Trinajstić information content (AvgIpc) is 2.70. The molecular formula is C22H26Cl2IN3O4S. The molecule has 0 heterocycles. The lowest BCUT2D eigenvalue weighted by molar-refractivity contribution is -0.139. The molecular weight excluding hydrogens is 600 g/mol. The first-order chi connectivity index (χ1) is 15.3. The minimum atomic E-state index is -3.77. The number of nitrogens with one attached hydrogen (secondary N) is 1. The van der Waals surface area contributed by atoms with Crippen molar-refractivity contribution in [3.63, 3.8) is 0 Å². The zero-order valence-electron chi connectivity index (χ0n) is 18.7. The maximum absolute atomic E-state index is 13.4. The van der Waals surface area contributed by atoms with Gasteiger partial charge in [0.1, 0.15) is 12.6 Å². The second-order valence-electron chi connectivity index (χ2n) is 7.84. The fraction of sp³-hybridized carbons (Fsp3) is 0.364. The molecule has 0 aromatic heterocycles. The second kappa shape index (κ2) is 11.7. The van der Waals surface area contributed by atoms with Crippen molar-refractivity contribution in [1.82, 2.24) is 10.2 Å². The predicted molar refractivity (Wildman–Crippen MR) is 141 cm³/mol. The smallest absolute Gasteiger partial charge is 0.244 e. The minimum Gasteiger partial charge on any atom is -0.352 e. The van der Waals surface area contributed by atoms with Gasteiger partial charge in [-0.1, -0.05) is 29.3 Å². The van der Waals surface area contributed by atoms with Crippen LogP contribution in [0.4, 0.5) is 5.69 Å². The Kier molecular flexibility index (Phi) is 9.83. The van der Waals surface area contributed by atoms with Gasteiger partial charge in [-0.05, 0) is 85.3 Å². The molecule has 0 aliphatic rings. The van der Waals surface area contributed by atoms with E-state index in [9.17, 15) is 18.0 Å². The van der Waals surface area contributed by atoms with E-state index in [1.165, 1.54) is 4.90 Å². The Hall–Kier alpha value is -1.56. The molecule has 0 spiro atoms. The summed E-state index contributed by atoms with van der Waals surface area (Å²) in [7, 11) is -3.77. The summed E-state index contributed by atoms with van der Waals surface area (Å²) in [6.45, 7) is 4.76. The Morgan fingerprint density at radius 2 is 1.67 bits per heavy atom. The number of hydrogen-bond donors (Lipinski definition) is 1. The van der Waals surface area contributed by atoms with E-state index in [4.69, 9.17) is 23.2 Å². The summed E-state index contributed by atoms with van der Waals surface area (Å²) in [6, 6.07) is 10.6. The lowest BCUT2D eigenvalue weighted by Gasteiger charge is -2.32. The third kappa shape index (κ3) is 8.01.